The van der Waals surface area contributed by atoms with Gasteiger partial charge in [0.2, 0.25) is 6.79 Å². The molecule has 1 aliphatic heterocycles. The van der Waals surface area contributed by atoms with E-state index in [1.54, 1.807) is 28.4 Å². The van der Waals surface area contributed by atoms with E-state index in [-0.39, 0.29) is 12.7 Å². The van der Waals surface area contributed by atoms with Crippen LogP contribution < -0.4 is 14.4 Å². The van der Waals surface area contributed by atoms with Crippen LogP contribution in [0.25, 0.3) is 16.3 Å². The van der Waals surface area contributed by atoms with Crippen molar-refractivity contribution in [1.29, 1.82) is 0 Å². The van der Waals surface area contributed by atoms with Gasteiger partial charge in [0.05, 0.1) is 16.8 Å². The molecule has 2 heterocycles. The van der Waals surface area contributed by atoms with Crippen molar-refractivity contribution in [2.45, 2.75) is 20.4 Å². The summed E-state index contributed by atoms with van der Waals surface area (Å²) in [7, 11) is 0. The van der Waals surface area contributed by atoms with Gasteiger partial charge in [0.15, 0.2) is 16.6 Å². The summed E-state index contributed by atoms with van der Waals surface area (Å²) in [6.45, 7) is 4.81. The molecule has 1 aromatic heterocycles. The van der Waals surface area contributed by atoms with E-state index in [0.717, 1.165) is 32.7 Å². The second-order valence-electron chi connectivity index (χ2n) is 7.78. The summed E-state index contributed by atoms with van der Waals surface area (Å²) in [4.78, 5) is 19.9. The predicted molar refractivity (Wildman–Crippen MR) is 128 cm³/mol. The quantitative estimate of drug-likeness (QED) is 0.362. The number of rotatable bonds is 5. The molecule has 1 aliphatic rings. The number of carbonyl (C=O) groups excluding carboxylic acids is 1. The molecule has 0 fully saturated rings. The maximum absolute atomic E-state index is 13.3. The zero-order chi connectivity index (χ0) is 22.1. The minimum absolute atomic E-state index is 0.125. The van der Waals surface area contributed by atoms with Crippen LogP contribution in [-0.2, 0) is 11.3 Å². The van der Waals surface area contributed by atoms with Crippen LogP contribution in [0.3, 0.4) is 0 Å². The number of nitrogens with zero attached hydrogens (tertiary/aromatic N) is 2. The third kappa shape index (κ3) is 4.09. The molecule has 1 amide bonds. The molecule has 6 heteroatoms. The van der Waals surface area contributed by atoms with Crippen molar-refractivity contribution in [3.63, 3.8) is 0 Å². The van der Waals surface area contributed by atoms with Gasteiger partial charge in [-0.1, -0.05) is 53.8 Å². The van der Waals surface area contributed by atoms with Gasteiger partial charge in [0.25, 0.3) is 5.91 Å². The van der Waals surface area contributed by atoms with Crippen molar-refractivity contribution in [3.05, 3.63) is 89.0 Å². The maximum atomic E-state index is 13.3. The zero-order valence-electron chi connectivity index (χ0n) is 17.9. The van der Waals surface area contributed by atoms with Crippen LogP contribution in [0.4, 0.5) is 5.13 Å². The summed E-state index contributed by atoms with van der Waals surface area (Å²) < 4.78 is 11.9. The summed E-state index contributed by atoms with van der Waals surface area (Å²) in [5, 5.41) is 0.692. The van der Waals surface area contributed by atoms with E-state index in [4.69, 9.17) is 14.5 Å². The van der Waals surface area contributed by atoms with Gasteiger partial charge in [-0.3, -0.25) is 9.69 Å². The Kier molecular flexibility index (Phi) is 5.37. The van der Waals surface area contributed by atoms with E-state index in [1.807, 2.05) is 48.5 Å². The van der Waals surface area contributed by atoms with Crippen LogP contribution >= 0.6 is 11.3 Å². The molecule has 32 heavy (non-hydrogen) atoms. The monoisotopic (exact) mass is 442 g/mol. The normalized spacial score (nSPS) is 12.6. The van der Waals surface area contributed by atoms with E-state index in [2.05, 4.69) is 26.0 Å². The van der Waals surface area contributed by atoms with Gasteiger partial charge >= 0.3 is 0 Å². The fraction of sp³-hybridized carbons (Fsp3) is 0.154. The molecule has 4 aromatic rings. The van der Waals surface area contributed by atoms with Crippen molar-refractivity contribution < 1.29 is 14.3 Å². The standard InChI is InChI=1S/C26H22N2O3S/c1-17-12-18(2)25-23(13-17)32-26(27-25)28(15-20-6-4-3-5-7-20)24(29)11-9-19-8-10-21-22(14-19)31-16-30-21/h3-14H,15-16H2,1-2H3/b11-9+. The number of thiazole rings is 1. The van der Waals surface area contributed by atoms with E-state index >= 15 is 0 Å². The van der Waals surface area contributed by atoms with Crippen LogP contribution in [0.2, 0.25) is 0 Å². The van der Waals surface area contributed by atoms with E-state index in [0.29, 0.717) is 17.4 Å². The average Bonchev–Trinajstić information content (AvgIpc) is 3.43. The molecule has 0 saturated heterocycles. The van der Waals surface area contributed by atoms with Gasteiger partial charge in [-0.2, -0.15) is 0 Å². The van der Waals surface area contributed by atoms with Crippen LogP contribution in [0.1, 0.15) is 22.3 Å². The zero-order valence-corrected chi connectivity index (χ0v) is 18.7. The van der Waals surface area contributed by atoms with Crippen molar-refractivity contribution in [2.24, 2.45) is 0 Å². The fourth-order valence-corrected chi connectivity index (χ4v) is 4.90. The Morgan fingerprint density at radius 1 is 1.06 bits per heavy atom. The minimum atomic E-state index is -0.125. The number of fused-ring (bicyclic) bond motifs is 2. The van der Waals surface area contributed by atoms with Gasteiger partial charge in [-0.15, -0.1) is 0 Å². The first-order chi connectivity index (χ1) is 15.6. The van der Waals surface area contributed by atoms with Crippen LogP contribution in [0, 0.1) is 13.8 Å². The van der Waals surface area contributed by atoms with Crippen molar-refractivity contribution >= 4 is 38.7 Å². The molecule has 5 rings (SSSR count). The topological polar surface area (TPSA) is 51.7 Å². The lowest BCUT2D eigenvalue weighted by molar-refractivity contribution is -0.114. The lowest BCUT2D eigenvalue weighted by Crippen LogP contribution is -2.28. The molecular formula is C26H22N2O3S. The number of amides is 1. The summed E-state index contributed by atoms with van der Waals surface area (Å²) in [5.74, 6) is 1.29. The van der Waals surface area contributed by atoms with Crippen molar-refractivity contribution in [3.8, 4) is 11.5 Å². The lowest BCUT2D eigenvalue weighted by atomic mass is 10.1. The second kappa shape index (κ2) is 8.48. The largest absolute Gasteiger partial charge is 0.454 e. The Morgan fingerprint density at radius 3 is 2.72 bits per heavy atom. The van der Waals surface area contributed by atoms with E-state index in [9.17, 15) is 4.79 Å². The highest BCUT2D eigenvalue weighted by Gasteiger charge is 2.19. The van der Waals surface area contributed by atoms with Crippen molar-refractivity contribution in [2.75, 3.05) is 11.7 Å². The summed E-state index contributed by atoms with van der Waals surface area (Å²) >= 11 is 1.54. The SMILES string of the molecule is Cc1cc(C)c2nc(N(Cc3ccccc3)C(=O)/C=C/c3ccc4c(c3)OCO4)sc2c1. The molecule has 0 saturated carbocycles. The van der Waals surface area contributed by atoms with Crippen LogP contribution in [0.5, 0.6) is 11.5 Å². The van der Waals surface area contributed by atoms with E-state index < -0.39 is 0 Å². The Labute approximate surface area is 190 Å². The molecule has 3 aromatic carbocycles. The molecule has 160 valence electrons. The fourth-order valence-electron chi connectivity index (χ4n) is 3.75. The summed E-state index contributed by atoms with van der Waals surface area (Å²) in [6.07, 6.45) is 3.38. The number of hydrogen-bond acceptors (Lipinski definition) is 5. The van der Waals surface area contributed by atoms with Gasteiger partial charge in [-0.25, -0.2) is 4.98 Å². The first-order valence-electron chi connectivity index (χ1n) is 10.4. The highest BCUT2D eigenvalue weighted by atomic mass is 32.1. The molecule has 0 bridgehead atoms. The highest BCUT2D eigenvalue weighted by molar-refractivity contribution is 7.22. The third-order valence-corrected chi connectivity index (χ3v) is 6.34. The molecule has 5 nitrogen and oxygen atoms in total. The number of aromatic nitrogens is 1. The number of ether oxygens (including phenoxy) is 2. The molecule has 0 radical (unpaired) electrons. The number of anilines is 1. The Balaban J connectivity index is 1.48. The molecular weight excluding hydrogens is 420 g/mol. The van der Waals surface area contributed by atoms with Gasteiger partial charge in [-0.05, 0) is 60.4 Å². The minimum Gasteiger partial charge on any atom is -0.454 e. The van der Waals surface area contributed by atoms with Crippen molar-refractivity contribution in [1.82, 2.24) is 4.98 Å². The van der Waals surface area contributed by atoms with E-state index in [1.165, 1.54) is 5.56 Å². The molecule has 0 aliphatic carbocycles. The van der Waals surface area contributed by atoms with Gasteiger partial charge < -0.3 is 9.47 Å². The van der Waals surface area contributed by atoms with Crippen LogP contribution in [0.15, 0.2) is 66.7 Å². The number of benzene rings is 3. The summed E-state index contributed by atoms with van der Waals surface area (Å²) in [6, 6.07) is 19.8. The third-order valence-electron chi connectivity index (χ3n) is 5.31. The predicted octanol–water partition coefficient (Wildman–Crippen LogP) is 5.89. The highest BCUT2D eigenvalue weighted by Crippen LogP contribution is 2.34. The first-order valence-corrected chi connectivity index (χ1v) is 11.2. The number of hydrogen-bond donors (Lipinski definition) is 0. The molecule has 0 spiro atoms. The Morgan fingerprint density at radius 2 is 1.88 bits per heavy atom. The smallest absolute Gasteiger partial charge is 0.253 e. The first kappa shape index (κ1) is 20.3. The van der Waals surface area contributed by atoms with Gasteiger partial charge in [0.1, 0.15) is 0 Å². The summed E-state index contributed by atoms with van der Waals surface area (Å²) in [5.41, 5.74) is 5.17. The Hall–Kier alpha value is -3.64. The van der Waals surface area contributed by atoms with Crippen LogP contribution in [-0.4, -0.2) is 17.7 Å². The number of aryl methyl sites for hydroxylation is 2. The number of carbonyl (C=O) groups is 1. The lowest BCUT2D eigenvalue weighted by Gasteiger charge is -2.18. The average molecular weight is 443 g/mol. The molecule has 0 atom stereocenters. The Bertz CT molecular complexity index is 1330. The second-order valence-corrected chi connectivity index (χ2v) is 8.79. The van der Waals surface area contributed by atoms with Gasteiger partial charge in [0, 0.05) is 6.08 Å². The maximum Gasteiger partial charge on any atom is 0.253 e. The molecule has 0 N–H and O–H groups in total. The molecule has 0 unspecified atom stereocenters.